The highest BCUT2D eigenvalue weighted by Gasteiger charge is 2.21. The Balaban J connectivity index is 1.51. The van der Waals surface area contributed by atoms with Crippen molar-refractivity contribution in [1.82, 2.24) is 20.2 Å². The normalized spacial score (nSPS) is 12.0. The predicted octanol–water partition coefficient (Wildman–Crippen LogP) is 3.60. The molecule has 0 N–H and O–H groups in total. The van der Waals surface area contributed by atoms with Gasteiger partial charge in [0.25, 0.3) is 5.89 Å². The van der Waals surface area contributed by atoms with Crippen LogP contribution >= 0.6 is 0 Å². The molecule has 0 radical (unpaired) electrons. The average Bonchev–Trinajstić information content (AvgIpc) is 3.18. The molecule has 4 aromatic rings. The maximum absolute atomic E-state index is 12.3. The average molecular weight is 346 g/mol. The van der Waals surface area contributed by atoms with E-state index in [0.29, 0.717) is 16.9 Å². The Morgan fingerprint density at radius 3 is 2.54 bits per heavy atom. The zero-order chi connectivity index (χ0) is 17.9. The van der Waals surface area contributed by atoms with E-state index in [1.54, 1.807) is 13.0 Å². The molecule has 26 heavy (non-hydrogen) atoms. The van der Waals surface area contributed by atoms with Crippen molar-refractivity contribution in [1.29, 1.82) is 0 Å². The topological polar surface area (TPSA) is 91.0 Å². The smallest absolute Gasteiger partial charge is 0.359 e. The van der Waals surface area contributed by atoms with Crippen molar-refractivity contribution in [3.8, 4) is 11.5 Å². The number of aromatic nitrogens is 4. The van der Waals surface area contributed by atoms with Crippen molar-refractivity contribution in [2.75, 3.05) is 0 Å². The Labute approximate surface area is 148 Å². The number of carbonyl (C=O) groups excluding carboxylic acids is 1. The Morgan fingerprint density at radius 1 is 1.00 bits per heavy atom. The summed E-state index contributed by atoms with van der Waals surface area (Å²) < 4.78 is 11.0. The third-order valence-electron chi connectivity index (χ3n) is 3.75. The summed E-state index contributed by atoms with van der Waals surface area (Å²) in [7, 11) is 0. The molecule has 0 saturated heterocycles. The first-order valence-corrected chi connectivity index (χ1v) is 8.02. The molecule has 0 aliphatic rings. The van der Waals surface area contributed by atoms with Crippen molar-refractivity contribution in [3.05, 3.63) is 72.4 Å². The second kappa shape index (κ2) is 6.72. The molecule has 1 atom stereocenters. The second-order valence-corrected chi connectivity index (χ2v) is 5.60. The molecular weight excluding hydrogens is 332 g/mol. The summed E-state index contributed by atoms with van der Waals surface area (Å²) in [5, 5.41) is 7.95. The lowest BCUT2D eigenvalue weighted by Gasteiger charge is -2.09. The molecule has 0 fully saturated rings. The van der Waals surface area contributed by atoms with E-state index in [4.69, 9.17) is 9.15 Å². The van der Waals surface area contributed by atoms with E-state index in [0.717, 1.165) is 5.56 Å². The summed E-state index contributed by atoms with van der Waals surface area (Å²) in [5.41, 5.74) is 2.25. The second-order valence-electron chi connectivity index (χ2n) is 5.60. The summed E-state index contributed by atoms with van der Waals surface area (Å²) in [6.45, 7) is 1.66. The van der Waals surface area contributed by atoms with Crippen LogP contribution < -0.4 is 0 Å². The molecule has 1 unspecified atom stereocenters. The first kappa shape index (κ1) is 15.9. The summed E-state index contributed by atoms with van der Waals surface area (Å²) >= 11 is 0. The highest BCUT2D eigenvalue weighted by Crippen LogP contribution is 2.22. The number of para-hydroxylation sites is 2. The van der Waals surface area contributed by atoms with Crippen LogP contribution in [-0.2, 0) is 4.74 Å². The maximum atomic E-state index is 12.3. The largest absolute Gasteiger partial charge is 0.448 e. The van der Waals surface area contributed by atoms with Crippen LogP contribution in [0.4, 0.5) is 0 Å². The minimum Gasteiger partial charge on any atom is -0.448 e. The molecule has 7 nitrogen and oxygen atoms in total. The fraction of sp³-hybridized carbons (Fsp3) is 0.105. The van der Waals surface area contributed by atoms with Gasteiger partial charge in [-0.15, -0.1) is 10.2 Å². The third-order valence-corrected chi connectivity index (χ3v) is 3.75. The first-order valence-electron chi connectivity index (χ1n) is 8.02. The minimum atomic E-state index is -0.708. The predicted molar refractivity (Wildman–Crippen MR) is 93.1 cm³/mol. The van der Waals surface area contributed by atoms with Crippen LogP contribution in [0.1, 0.15) is 29.4 Å². The molecule has 0 amide bonds. The van der Waals surface area contributed by atoms with Gasteiger partial charge in [0.05, 0.1) is 17.2 Å². The van der Waals surface area contributed by atoms with Crippen molar-refractivity contribution >= 4 is 17.0 Å². The quantitative estimate of drug-likeness (QED) is 0.521. The number of hydrogen-bond donors (Lipinski definition) is 0. The van der Waals surface area contributed by atoms with E-state index < -0.39 is 12.1 Å². The summed E-state index contributed by atoms with van der Waals surface area (Å²) in [6.07, 6.45) is 0.682. The van der Waals surface area contributed by atoms with Gasteiger partial charge in [-0.25, -0.2) is 9.78 Å². The van der Waals surface area contributed by atoms with Gasteiger partial charge in [-0.1, -0.05) is 30.3 Å². The molecule has 0 aliphatic carbocycles. The molecule has 4 rings (SSSR count). The number of ether oxygens (including phenoxy) is 1. The van der Waals surface area contributed by atoms with E-state index in [1.807, 2.05) is 48.5 Å². The first-order chi connectivity index (χ1) is 12.7. The van der Waals surface area contributed by atoms with Crippen LogP contribution in [0.3, 0.4) is 0 Å². The van der Waals surface area contributed by atoms with Gasteiger partial charge < -0.3 is 9.15 Å². The van der Waals surface area contributed by atoms with Crippen LogP contribution in [0.2, 0.25) is 0 Å². The van der Waals surface area contributed by atoms with E-state index >= 15 is 0 Å². The fourth-order valence-corrected chi connectivity index (χ4v) is 2.42. The molecule has 7 heteroatoms. The van der Waals surface area contributed by atoms with Gasteiger partial charge in [-0.3, -0.25) is 4.98 Å². The standard InChI is InChI=1S/C19H14N4O3/c1-12(17-22-23-18(26-17)13-7-3-2-4-8-13)25-19(24)16-11-20-14-9-5-6-10-15(14)21-16/h2-12H,1H3. The van der Waals surface area contributed by atoms with Crippen LogP contribution in [0.5, 0.6) is 0 Å². The van der Waals surface area contributed by atoms with Crippen molar-refractivity contribution in [2.24, 2.45) is 0 Å². The van der Waals surface area contributed by atoms with Gasteiger partial charge in [0, 0.05) is 5.56 Å². The molecule has 2 heterocycles. The highest BCUT2D eigenvalue weighted by atomic mass is 16.6. The lowest BCUT2D eigenvalue weighted by atomic mass is 10.2. The number of nitrogens with zero attached hydrogens (tertiary/aromatic N) is 4. The van der Waals surface area contributed by atoms with Crippen molar-refractivity contribution in [3.63, 3.8) is 0 Å². The van der Waals surface area contributed by atoms with Crippen LogP contribution in [0.15, 0.2) is 65.2 Å². The van der Waals surface area contributed by atoms with Gasteiger partial charge in [0.15, 0.2) is 11.8 Å². The van der Waals surface area contributed by atoms with Crippen LogP contribution in [0.25, 0.3) is 22.5 Å². The van der Waals surface area contributed by atoms with Crippen LogP contribution in [-0.4, -0.2) is 26.1 Å². The monoisotopic (exact) mass is 346 g/mol. The number of hydrogen-bond acceptors (Lipinski definition) is 7. The van der Waals surface area contributed by atoms with E-state index in [1.165, 1.54) is 6.20 Å². The number of fused-ring (bicyclic) bond motifs is 1. The number of esters is 1. The SMILES string of the molecule is CC(OC(=O)c1cnc2ccccc2n1)c1nnc(-c2ccccc2)o1. The Hall–Kier alpha value is -3.61. The number of rotatable bonds is 4. The van der Waals surface area contributed by atoms with E-state index in [9.17, 15) is 4.79 Å². The maximum Gasteiger partial charge on any atom is 0.359 e. The molecule has 2 aromatic carbocycles. The summed E-state index contributed by atoms with van der Waals surface area (Å²) in [4.78, 5) is 20.8. The van der Waals surface area contributed by atoms with E-state index in [2.05, 4.69) is 20.2 Å². The Morgan fingerprint density at radius 2 is 1.73 bits per heavy atom. The molecule has 2 aromatic heterocycles. The van der Waals surface area contributed by atoms with Gasteiger partial charge in [-0.2, -0.15) is 0 Å². The van der Waals surface area contributed by atoms with Crippen molar-refractivity contribution in [2.45, 2.75) is 13.0 Å². The molecule has 0 saturated carbocycles. The van der Waals surface area contributed by atoms with Crippen LogP contribution in [0, 0.1) is 0 Å². The Kier molecular flexibility index (Phi) is 4.10. The van der Waals surface area contributed by atoms with Gasteiger partial charge in [0.1, 0.15) is 0 Å². The Bertz CT molecular complexity index is 1060. The van der Waals surface area contributed by atoms with Crippen molar-refractivity contribution < 1.29 is 13.9 Å². The third kappa shape index (κ3) is 3.14. The molecule has 0 bridgehead atoms. The molecule has 128 valence electrons. The molecule has 0 spiro atoms. The lowest BCUT2D eigenvalue weighted by Crippen LogP contribution is -2.11. The molecular formula is C19H14N4O3. The van der Waals surface area contributed by atoms with Gasteiger partial charge in [-0.05, 0) is 31.2 Å². The number of carbonyl (C=O) groups is 1. The fourth-order valence-electron chi connectivity index (χ4n) is 2.42. The summed E-state index contributed by atoms with van der Waals surface area (Å²) in [6, 6.07) is 16.7. The number of benzene rings is 2. The lowest BCUT2D eigenvalue weighted by molar-refractivity contribution is 0.0273. The van der Waals surface area contributed by atoms with Gasteiger partial charge >= 0.3 is 5.97 Å². The van der Waals surface area contributed by atoms with Gasteiger partial charge in [0.2, 0.25) is 5.89 Å². The zero-order valence-corrected chi connectivity index (χ0v) is 13.9. The summed E-state index contributed by atoms with van der Waals surface area (Å²) in [5.74, 6) is -0.0184. The highest BCUT2D eigenvalue weighted by molar-refractivity contribution is 5.89. The molecule has 0 aliphatic heterocycles. The zero-order valence-electron chi connectivity index (χ0n) is 13.9. The van der Waals surface area contributed by atoms with E-state index in [-0.39, 0.29) is 11.6 Å². The minimum absolute atomic E-state index is 0.123.